The molecule has 20 heavy (non-hydrogen) atoms. The van der Waals surface area contributed by atoms with Crippen LogP contribution in [0.3, 0.4) is 0 Å². The number of nitrogens with zero attached hydrogens (tertiary/aromatic N) is 3. The van der Waals surface area contributed by atoms with Gasteiger partial charge in [0.2, 0.25) is 0 Å². The Labute approximate surface area is 122 Å². The van der Waals surface area contributed by atoms with Crippen LogP contribution in [0.1, 0.15) is 39.3 Å². The van der Waals surface area contributed by atoms with Crippen molar-refractivity contribution in [3.63, 3.8) is 0 Å². The predicted molar refractivity (Wildman–Crippen MR) is 83.3 cm³/mol. The Balaban J connectivity index is 2.13. The first kappa shape index (κ1) is 15.3. The Kier molecular flexibility index (Phi) is 4.35. The molecule has 1 unspecified atom stereocenters. The fourth-order valence-electron chi connectivity index (χ4n) is 2.80. The highest BCUT2D eigenvalue weighted by Gasteiger charge is 2.35. The Hall–Kier alpha value is -1.13. The summed E-state index contributed by atoms with van der Waals surface area (Å²) in [5, 5.41) is 10.3. The number of aliphatic hydroxyl groups is 1. The largest absolute Gasteiger partial charge is 0.389 e. The summed E-state index contributed by atoms with van der Waals surface area (Å²) < 4.78 is 0. The normalized spacial score (nSPS) is 21.6. The van der Waals surface area contributed by atoms with E-state index < -0.39 is 5.60 Å². The Morgan fingerprint density at radius 2 is 2.00 bits per heavy atom. The van der Waals surface area contributed by atoms with Crippen LogP contribution in [0.4, 0.5) is 5.69 Å². The second kappa shape index (κ2) is 5.70. The molecule has 112 valence electrons. The van der Waals surface area contributed by atoms with Crippen LogP contribution in [0.15, 0.2) is 18.3 Å². The van der Waals surface area contributed by atoms with E-state index in [9.17, 15) is 5.11 Å². The van der Waals surface area contributed by atoms with Crippen LogP contribution in [-0.4, -0.2) is 53.3 Å². The summed E-state index contributed by atoms with van der Waals surface area (Å²) in [6, 6.07) is 4.40. The second-order valence-corrected chi connectivity index (χ2v) is 6.69. The SMILES string of the molecule is CC(C)c1ccc(N2CCN(C)C(C(C)(C)O)C2)cn1. The summed E-state index contributed by atoms with van der Waals surface area (Å²) in [6.45, 7) is 10.9. The van der Waals surface area contributed by atoms with Gasteiger partial charge in [-0.05, 0) is 38.9 Å². The van der Waals surface area contributed by atoms with Gasteiger partial charge in [-0.1, -0.05) is 13.8 Å². The maximum Gasteiger partial charge on any atom is 0.0763 e. The Bertz CT molecular complexity index is 436. The van der Waals surface area contributed by atoms with E-state index in [0.717, 1.165) is 31.0 Å². The summed E-state index contributed by atoms with van der Waals surface area (Å²) in [7, 11) is 2.08. The number of hydrogen-bond donors (Lipinski definition) is 1. The van der Waals surface area contributed by atoms with Crippen LogP contribution in [0.5, 0.6) is 0 Å². The number of rotatable bonds is 3. The van der Waals surface area contributed by atoms with Gasteiger partial charge in [-0.15, -0.1) is 0 Å². The van der Waals surface area contributed by atoms with Crippen molar-refractivity contribution >= 4 is 5.69 Å². The highest BCUT2D eigenvalue weighted by molar-refractivity contribution is 5.45. The lowest BCUT2D eigenvalue weighted by Gasteiger charge is -2.45. The molecule has 0 amide bonds. The van der Waals surface area contributed by atoms with Crippen molar-refractivity contribution in [2.75, 3.05) is 31.6 Å². The van der Waals surface area contributed by atoms with Gasteiger partial charge in [-0.2, -0.15) is 0 Å². The molecule has 1 aliphatic heterocycles. The minimum Gasteiger partial charge on any atom is -0.389 e. The van der Waals surface area contributed by atoms with Crippen LogP contribution < -0.4 is 4.90 Å². The number of pyridine rings is 1. The molecule has 0 radical (unpaired) electrons. The summed E-state index contributed by atoms with van der Waals surface area (Å²) in [5.74, 6) is 0.459. The molecule has 1 aliphatic rings. The van der Waals surface area contributed by atoms with E-state index >= 15 is 0 Å². The van der Waals surface area contributed by atoms with E-state index in [4.69, 9.17) is 0 Å². The fraction of sp³-hybridized carbons (Fsp3) is 0.688. The minimum absolute atomic E-state index is 0.140. The molecule has 1 aromatic rings. The third-order valence-corrected chi connectivity index (χ3v) is 4.19. The second-order valence-electron chi connectivity index (χ2n) is 6.69. The molecule has 0 saturated carbocycles. The molecule has 2 heterocycles. The summed E-state index contributed by atoms with van der Waals surface area (Å²) in [5.41, 5.74) is 1.58. The van der Waals surface area contributed by atoms with E-state index in [1.54, 1.807) is 0 Å². The Morgan fingerprint density at radius 3 is 2.50 bits per heavy atom. The van der Waals surface area contributed by atoms with Gasteiger partial charge in [-0.25, -0.2) is 0 Å². The molecule has 0 spiro atoms. The maximum atomic E-state index is 10.3. The minimum atomic E-state index is -0.696. The van der Waals surface area contributed by atoms with Crippen molar-refractivity contribution in [1.29, 1.82) is 0 Å². The third-order valence-electron chi connectivity index (χ3n) is 4.19. The van der Waals surface area contributed by atoms with Gasteiger partial charge in [0.1, 0.15) is 0 Å². The molecule has 1 fully saturated rings. The zero-order chi connectivity index (χ0) is 14.9. The van der Waals surface area contributed by atoms with Crippen molar-refractivity contribution in [1.82, 2.24) is 9.88 Å². The summed E-state index contributed by atoms with van der Waals surface area (Å²) in [4.78, 5) is 9.10. The topological polar surface area (TPSA) is 39.6 Å². The Morgan fingerprint density at radius 1 is 1.30 bits per heavy atom. The fourth-order valence-corrected chi connectivity index (χ4v) is 2.80. The van der Waals surface area contributed by atoms with E-state index in [1.165, 1.54) is 0 Å². The quantitative estimate of drug-likeness (QED) is 0.918. The predicted octanol–water partition coefficient (Wildman–Crippen LogP) is 2.10. The van der Waals surface area contributed by atoms with E-state index in [2.05, 4.69) is 47.8 Å². The molecule has 4 heteroatoms. The van der Waals surface area contributed by atoms with E-state index in [0.29, 0.717) is 5.92 Å². The van der Waals surface area contributed by atoms with Crippen LogP contribution in [-0.2, 0) is 0 Å². The van der Waals surface area contributed by atoms with Crippen molar-refractivity contribution in [2.45, 2.75) is 45.3 Å². The number of hydrogen-bond acceptors (Lipinski definition) is 4. The highest BCUT2D eigenvalue weighted by atomic mass is 16.3. The molecule has 1 atom stereocenters. The van der Waals surface area contributed by atoms with Gasteiger partial charge in [0, 0.05) is 25.3 Å². The number of piperazine rings is 1. The zero-order valence-corrected chi connectivity index (χ0v) is 13.3. The molecule has 0 bridgehead atoms. The molecule has 1 N–H and O–H groups in total. The molecule has 2 rings (SSSR count). The first-order valence-corrected chi connectivity index (χ1v) is 7.42. The third kappa shape index (κ3) is 3.30. The van der Waals surface area contributed by atoms with E-state index in [-0.39, 0.29) is 6.04 Å². The average Bonchev–Trinajstić information content (AvgIpc) is 2.38. The van der Waals surface area contributed by atoms with Gasteiger partial charge >= 0.3 is 0 Å². The smallest absolute Gasteiger partial charge is 0.0763 e. The highest BCUT2D eigenvalue weighted by Crippen LogP contribution is 2.24. The summed E-state index contributed by atoms with van der Waals surface area (Å²) >= 11 is 0. The number of aromatic nitrogens is 1. The lowest BCUT2D eigenvalue weighted by Crippen LogP contribution is -2.59. The van der Waals surface area contributed by atoms with Crippen molar-refractivity contribution in [2.24, 2.45) is 0 Å². The van der Waals surface area contributed by atoms with Crippen LogP contribution >= 0.6 is 0 Å². The van der Waals surface area contributed by atoms with Crippen LogP contribution in [0.25, 0.3) is 0 Å². The van der Waals surface area contributed by atoms with Gasteiger partial charge in [-0.3, -0.25) is 9.88 Å². The monoisotopic (exact) mass is 277 g/mol. The molecule has 0 aromatic carbocycles. The zero-order valence-electron chi connectivity index (χ0n) is 13.3. The van der Waals surface area contributed by atoms with E-state index in [1.807, 2.05) is 20.0 Å². The molecule has 0 aliphatic carbocycles. The first-order valence-electron chi connectivity index (χ1n) is 7.42. The van der Waals surface area contributed by atoms with Gasteiger partial charge in [0.15, 0.2) is 0 Å². The lowest BCUT2D eigenvalue weighted by molar-refractivity contribution is -0.0140. The number of anilines is 1. The molecular weight excluding hydrogens is 250 g/mol. The molecule has 4 nitrogen and oxygen atoms in total. The maximum absolute atomic E-state index is 10.3. The number of likely N-dealkylation sites (N-methyl/N-ethyl adjacent to an activating group) is 1. The molecule has 1 saturated heterocycles. The van der Waals surface area contributed by atoms with Crippen LogP contribution in [0.2, 0.25) is 0 Å². The molecular formula is C16H27N3O. The van der Waals surface area contributed by atoms with Crippen molar-refractivity contribution in [3.05, 3.63) is 24.0 Å². The average molecular weight is 277 g/mol. The van der Waals surface area contributed by atoms with Crippen LogP contribution in [0, 0.1) is 0 Å². The molecule has 1 aromatic heterocycles. The summed E-state index contributed by atoms with van der Waals surface area (Å²) in [6.07, 6.45) is 1.96. The van der Waals surface area contributed by atoms with Crippen molar-refractivity contribution < 1.29 is 5.11 Å². The first-order chi connectivity index (χ1) is 9.29. The van der Waals surface area contributed by atoms with Gasteiger partial charge in [0.05, 0.1) is 23.5 Å². The van der Waals surface area contributed by atoms with Crippen molar-refractivity contribution in [3.8, 4) is 0 Å². The van der Waals surface area contributed by atoms with Gasteiger partial charge < -0.3 is 10.0 Å². The van der Waals surface area contributed by atoms with Gasteiger partial charge in [0.25, 0.3) is 0 Å². The standard InChI is InChI=1S/C16H27N3O/c1-12(2)14-7-6-13(10-17-14)19-9-8-18(5)15(11-19)16(3,4)20/h6-7,10,12,15,20H,8-9,11H2,1-5H3. The lowest BCUT2D eigenvalue weighted by atomic mass is 9.95.